The zero-order valence-corrected chi connectivity index (χ0v) is 19.4. The van der Waals surface area contributed by atoms with E-state index >= 15 is 0 Å². The van der Waals surface area contributed by atoms with Crippen LogP contribution < -0.4 is 20.3 Å². The molecule has 4 rings (SSSR count). The van der Waals surface area contributed by atoms with E-state index in [1.54, 1.807) is 25.3 Å². The van der Waals surface area contributed by atoms with Crippen molar-refractivity contribution < 1.29 is 14.3 Å². The van der Waals surface area contributed by atoms with Gasteiger partial charge in [-0.3, -0.25) is 9.59 Å². The Labute approximate surface area is 196 Å². The van der Waals surface area contributed by atoms with Crippen LogP contribution >= 0.6 is 23.4 Å². The molecular formula is C22H26ClN5O3S. The van der Waals surface area contributed by atoms with Gasteiger partial charge in [-0.15, -0.1) is 0 Å². The number of carbonyl (C=O) groups excluding carboxylic acids is 2. The van der Waals surface area contributed by atoms with Crippen LogP contribution in [0.15, 0.2) is 35.6 Å². The van der Waals surface area contributed by atoms with Gasteiger partial charge in [0.1, 0.15) is 22.9 Å². The highest BCUT2D eigenvalue weighted by atomic mass is 35.5. The largest absolute Gasteiger partial charge is 0.495 e. The second kappa shape index (κ2) is 10.4. The number of piperidine rings is 1. The van der Waals surface area contributed by atoms with Gasteiger partial charge >= 0.3 is 0 Å². The van der Waals surface area contributed by atoms with E-state index in [4.69, 9.17) is 16.3 Å². The van der Waals surface area contributed by atoms with E-state index < -0.39 is 0 Å². The molecule has 0 bridgehead atoms. The summed E-state index contributed by atoms with van der Waals surface area (Å²) >= 11 is 7.35. The number of benzene rings is 1. The van der Waals surface area contributed by atoms with Crippen LogP contribution in [0.1, 0.15) is 25.7 Å². The first-order valence-electron chi connectivity index (χ1n) is 10.7. The first-order valence-corrected chi connectivity index (χ1v) is 12.0. The molecule has 0 unspecified atom stereocenters. The van der Waals surface area contributed by atoms with Crippen LogP contribution in [0.3, 0.4) is 0 Å². The lowest BCUT2D eigenvalue weighted by atomic mass is 9.96. The molecule has 1 aliphatic heterocycles. The number of anilines is 2. The van der Waals surface area contributed by atoms with Crippen LogP contribution in [0.5, 0.6) is 5.75 Å². The SMILES string of the molecule is COc1ccc(Cl)cc1NC(=O)CSc1cc(N2CCC(C(=O)NC3CC3)CC2)ncn1. The number of ether oxygens (including phenoxy) is 1. The van der Waals surface area contributed by atoms with Crippen molar-refractivity contribution in [2.45, 2.75) is 36.8 Å². The van der Waals surface area contributed by atoms with Crippen LogP contribution in [0.2, 0.25) is 5.02 Å². The average Bonchev–Trinajstić information content (AvgIpc) is 3.62. The Bertz CT molecular complexity index is 980. The highest BCUT2D eigenvalue weighted by Crippen LogP contribution is 2.29. The number of methoxy groups -OCH3 is 1. The normalized spacial score (nSPS) is 16.5. The number of amides is 2. The van der Waals surface area contributed by atoms with Crippen LogP contribution in [-0.2, 0) is 9.59 Å². The Morgan fingerprint density at radius 1 is 1.19 bits per heavy atom. The van der Waals surface area contributed by atoms with Crippen LogP contribution in [-0.4, -0.2) is 53.8 Å². The molecule has 170 valence electrons. The zero-order chi connectivity index (χ0) is 22.5. The summed E-state index contributed by atoms with van der Waals surface area (Å²) in [6.45, 7) is 1.55. The predicted molar refractivity (Wildman–Crippen MR) is 125 cm³/mol. The van der Waals surface area contributed by atoms with Crippen molar-refractivity contribution in [3.8, 4) is 5.75 Å². The summed E-state index contributed by atoms with van der Waals surface area (Å²) in [6.07, 6.45) is 5.36. The van der Waals surface area contributed by atoms with Crippen LogP contribution in [0.4, 0.5) is 11.5 Å². The lowest BCUT2D eigenvalue weighted by Crippen LogP contribution is -2.41. The maximum absolute atomic E-state index is 12.4. The highest BCUT2D eigenvalue weighted by molar-refractivity contribution is 7.99. The van der Waals surface area contributed by atoms with Gasteiger partial charge in [0.25, 0.3) is 0 Å². The van der Waals surface area contributed by atoms with Crippen molar-refractivity contribution in [2.75, 3.05) is 36.2 Å². The molecule has 2 fully saturated rings. The first-order chi connectivity index (χ1) is 15.5. The van der Waals surface area contributed by atoms with Crippen molar-refractivity contribution >= 4 is 46.7 Å². The highest BCUT2D eigenvalue weighted by Gasteiger charge is 2.30. The summed E-state index contributed by atoms with van der Waals surface area (Å²) in [5, 5.41) is 7.16. The Balaban J connectivity index is 1.28. The third kappa shape index (κ3) is 6.04. The molecule has 2 amide bonds. The molecule has 1 aliphatic carbocycles. The van der Waals surface area contributed by atoms with Gasteiger partial charge in [-0.25, -0.2) is 9.97 Å². The van der Waals surface area contributed by atoms with Gasteiger partial charge in [0.15, 0.2) is 0 Å². The minimum atomic E-state index is -0.182. The Morgan fingerprint density at radius 2 is 1.97 bits per heavy atom. The molecule has 32 heavy (non-hydrogen) atoms. The third-order valence-corrected chi connectivity index (χ3v) is 6.69. The van der Waals surface area contributed by atoms with E-state index in [-0.39, 0.29) is 23.5 Å². The van der Waals surface area contributed by atoms with Crippen molar-refractivity contribution in [3.63, 3.8) is 0 Å². The number of rotatable bonds is 8. The van der Waals surface area contributed by atoms with Crippen molar-refractivity contribution in [3.05, 3.63) is 35.6 Å². The van der Waals surface area contributed by atoms with Crippen molar-refractivity contribution in [1.29, 1.82) is 0 Å². The van der Waals surface area contributed by atoms with Gasteiger partial charge in [0, 0.05) is 36.1 Å². The molecule has 1 aromatic heterocycles. The summed E-state index contributed by atoms with van der Waals surface area (Å²) in [7, 11) is 1.54. The maximum Gasteiger partial charge on any atom is 0.234 e. The molecular weight excluding hydrogens is 450 g/mol. The molecule has 8 nitrogen and oxygen atoms in total. The number of nitrogens with zero attached hydrogens (tertiary/aromatic N) is 3. The van der Waals surface area contributed by atoms with Gasteiger partial charge in [-0.2, -0.15) is 0 Å². The Kier molecular flexibility index (Phi) is 7.36. The topological polar surface area (TPSA) is 96.5 Å². The molecule has 10 heteroatoms. The number of halogens is 1. The minimum Gasteiger partial charge on any atom is -0.495 e. The van der Waals surface area contributed by atoms with E-state index in [0.717, 1.165) is 49.6 Å². The van der Waals surface area contributed by atoms with Crippen LogP contribution in [0.25, 0.3) is 0 Å². The molecule has 0 radical (unpaired) electrons. The molecule has 2 heterocycles. The molecule has 1 saturated carbocycles. The number of nitrogens with one attached hydrogen (secondary N) is 2. The fraction of sp³-hybridized carbons (Fsp3) is 0.455. The molecule has 2 N–H and O–H groups in total. The molecule has 2 aromatic rings. The number of carbonyl (C=O) groups is 2. The second-order valence-electron chi connectivity index (χ2n) is 7.94. The summed E-state index contributed by atoms with van der Waals surface area (Å²) in [6, 6.07) is 7.36. The first kappa shape index (κ1) is 22.7. The average molecular weight is 476 g/mol. The smallest absolute Gasteiger partial charge is 0.234 e. The summed E-state index contributed by atoms with van der Waals surface area (Å²) in [4.78, 5) is 35.5. The Hall–Kier alpha value is -2.52. The number of aromatic nitrogens is 2. The third-order valence-electron chi connectivity index (χ3n) is 5.53. The van der Waals surface area contributed by atoms with Crippen LogP contribution in [0, 0.1) is 5.92 Å². The molecule has 1 aromatic carbocycles. The van der Waals surface area contributed by atoms with Crippen molar-refractivity contribution in [1.82, 2.24) is 15.3 Å². The van der Waals surface area contributed by atoms with Gasteiger partial charge < -0.3 is 20.3 Å². The molecule has 0 spiro atoms. The number of hydrogen-bond donors (Lipinski definition) is 2. The molecule has 0 atom stereocenters. The zero-order valence-electron chi connectivity index (χ0n) is 17.8. The number of hydrogen-bond acceptors (Lipinski definition) is 7. The van der Waals surface area contributed by atoms with E-state index in [2.05, 4.69) is 25.5 Å². The summed E-state index contributed by atoms with van der Waals surface area (Å²) in [5.74, 6) is 1.64. The van der Waals surface area contributed by atoms with Gasteiger partial charge in [0.05, 0.1) is 18.6 Å². The minimum absolute atomic E-state index is 0.0784. The van der Waals surface area contributed by atoms with Crippen molar-refractivity contribution in [2.24, 2.45) is 5.92 Å². The predicted octanol–water partition coefficient (Wildman–Crippen LogP) is 3.36. The van der Waals surface area contributed by atoms with Gasteiger partial charge in [-0.05, 0) is 43.9 Å². The van der Waals surface area contributed by atoms with Gasteiger partial charge in [-0.1, -0.05) is 23.4 Å². The molecule has 2 aliphatic rings. The Morgan fingerprint density at radius 3 is 2.69 bits per heavy atom. The fourth-order valence-corrected chi connectivity index (χ4v) is 4.44. The van der Waals surface area contributed by atoms with E-state index in [0.29, 0.717) is 22.5 Å². The lowest BCUT2D eigenvalue weighted by molar-refractivity contribution is -0.125. The second-order valence-corrected chi connectivity index (χ2v) is 9.37. The van der Waals surface area contributed by atoms with Gasteiger partial charge in [0.2, 0.25) is 11.8 Å². The monoisotopic (exact) mass is 475 g/mol. The number of thioether (sulfide) groups is 1. The maximum atomic E-state index is 12.4. The summed E-state index contributed by atoms with van der Waals surface area (Å²) < 4.78 is 5.26. The van der Waals surface area contributed by atoms with E-state index in [9.17, 15) is 9.59 Å². The lowest BCUT2D eigenvalue weighted by Gasteiger charge is -2.32. The van der Waals surface area contributed by atoms with E-state index in [1.807, 2.05) is 6.07 Å². The standard InChI is InChI=1S/C22H26ClN5O3S/c1-31-18-5-2-15(23)10-17(18)27-20(29)12-32-21-11-19(24-13-25-21)28-8-6-14(7-9-28)22(30)26-16-3-4-16/h2,5,10-11,13-14,16H,3-4,6-9,12H2,1H3,(H,26,30)(H,27,29). The quantitative estimate of drug-likeness (QED) is 0.446. The molecule has 1 saturated heterocycles. The van der Waals surface area contributed by atoms with E-state index in [1.165, 1.54) is 18.1 Å². The fourth-order valence-electron chi connectivity index (χ4n) is 3.60. The summed E-state index contributed by atoms with van der Waals surface area (Å²) in [5.41, 5.74) is 0.530.